The molecule has 162 valence electrons. The van der Waals surface area contributed by atoms with Gasteiger partial charge in [-0.15, -0.1) is 0 Å². The van der Waals surface area contributed by atoms with Gasteiger partial charge in [0.1, 0.15) is 0 Å². The zero-order valence-corrected chi connectivity index (χ0v) is 18.3. The summed E-state index contributed by atoms with van der Waals surface area (Å²) in [5.74, 6) is -2.42. The summed E-state index contributed by atoms with van der Waals surface area (Å²) < 4.78 is 43.9. The first kappa shape index (κ1) is 21.1. The third-order valence-corrected chi connectivity index (χ3v) is 6.50. The molecule has 1 aliphatic carbocycles. The van der Waals surface area contributed by atoms with Gasteiger partial charge in [-0.3, -0.25) is 4.90 Å². The van der Waals surface area contributed by atoms with Gasteiger partial charge >= 0.3 is 0 Å². The second kappa shape index (κ2) is 7.54. The number of alkyl halides is 2. The molecule has 0 aromatic heterocycles. The lowest BCUT2D eigenvalue weighted by molar-refractivity contribution is -0.0971. The van der Waals surface area contributed by atoms with Gasteiger partial charge in [0, 0.05) is 25.6 Å². The van der Waals surface area contributed by atoms with E-state index in [2.05, 4.69) is 25.7 Å². The monoisotopic (exact) mass is 429 g/mol. The van der Waals surface area contributed by atoms with Crippen molar-refractivity contribution in [2.24, 2.45) is 5.92 Å². The van der Waals surface area contributed by atoms with E-state index < -0.39 is 11.8 Å². The molecule has 0 spiro atoms. The van der Waals surface area contributed by atoms with E-state index in [1.807, 2.05) is 6.07 Å². The summed E-state index contributed by atoms with van der Waals surface area (Å²) >= 11 is 6.70. The SMILES string of the molecule is COc1cc2c(c(Cl)c1OCC1CC1(F)F)CCN1CC(OC(C)(C)C)CCC21. The average molecular weight is 430 g/mol. The van der Waals surface area contributed by atoms with Crippen LogP contribution in [-0.4, -0.2) is 49.3 Å². The minimum Gasteiger partial charge on any atom is -0.493 e. The Morgan fingerprint density at radius 3 is 2.62 bits per heavy atom. The molecule has 1 saturated heterocycles. The number of methoxy groups -OCH3 is 1. The zero-order valence-electron chi connectivity index (χ0n) is 17.6. The lowest BCUT2D eigenvalue weighted by Crippen LogP contribution is -2.47. The molecular formula is C22H30ClF2NO3. The minimum absolute atomic E-state index is 0.0385. The summed E-state index contributed by atoms with van der Waals surface area (Å²) in [7, 11) is 1.56. The molecule has 0 bridgehead atoms. The van der Waals surface area contributed by atoms with Crippen molar-refractivity contribution >= 4 is 11.6 Å². The molecule has 3 atom stereocenters. The van der Waals surface area contributed by atoms with Crippen LogP contribution < -0.4 is 9.47 Å². The van der Waals surface area contributed by atoms with E-state index in [1.54, 1.807) is 7.11 Å². The zero-order chi connectivity index (χ0) is 21.0. The summed E-state index contributed by atoms with van der Waals surface area (Å²) in [5.41, 5.74) is 2.07. The van der Waals surface area contributed by atoms with Crippen molar-refractivity contribution in [3.63, 3.8) is 0 Å². The Morgan fingerprint density at radius 2 is 2.00 bits per heavy atom. The predicted octanol–water partition coefficient (Wildman–Crippen LogP) is 5.26. The second-order valence-corrected chi connectivity index (χ2v) is 9.83. The average Bonchev–Trinajstić information content (AvgIpc) is 3.25. The molecule has 0 radical (unpaired) electrons. The van der Waals surface area contributed by atoms with Crippen molar-refractivity contribution in [2.45, 2.75) is 70.1 Å². The van der Waals surface area contributed by atoms with Crippen molar-refractivity contribution in [3.8, 4) is 11.5 Å². The number of rotatable bonds is 5. The normalized spacial score (nSPS) is 28.4. The minimum atomic E-state index is -2.61. The highest BCUT2D eigenvalue weighted by Crippen LogP contribution is 2.51. The van der Waals surface area contributed by atoms with Gasteiger partial charge in [-0.1, -0.05) is 11.6 Å². The molecule has 4 rings (SSSR count). The first-order chi connectivity index (χ1) is 13.6. The van der Waals surface area contributed by atoms with Gasteiger partial charge in [-0.05, 0) is 57.2 Å². The number of benzene rings is 1. The van der Waals surface area contributed by atoms with Crippen LogP contribution in [0.4, 0.5) is 8.78 Å². The molecule has 1 saturated carbocycles. The Hall–Kier alpha value is -1.11. The topological polar surface area (TPSA) is 30.9 Å². The quantitative estimate of drug-likeness (QED) is 0.638. The Morgan fingerprint density at radius 1 is 1.28 bits per heavy atom. The second-order valence-electron chi connectivity index (χ2n) is 9.45. The lowest BCUT2D eigenvalue weighted by atomic mass is 9.85. The van der Waals surface area contributed by atoms with Crippen LogP contribution in [0.15, 0.2) is 6.07 Å². The molecule has 0 amide bonds. The van der Waals surface area contributed by atoms with E-state index in [1.165, 1.54) is 0 Å². The van der Waals surface area contributed by atoms with Crippen molar-refractivity contribution in [1.82, 2.24) is 4.90 Å². The summed E-state index contributed by atoms with van der Waals surface area (Å²) in [6.45, 7) is 8.03. The first-order valence-corrected chi connectivity index (χ1v) is 10.8. The lowest BCUT2D eigenvalue weighted by Gasteiger charge is -2.45. The molecule has 0 N–H and O–H groups in total. The number of halogens is 3. The van der Waals surface area contributed by atoms with Crippen LogP contribution in [0.1, 0.15) is 57.2 Å². The highest BCUT2D eigenvalue weighted by Gasteiger charge is 2.57. The van der Waals surface area contributed by atoms with E-state index in [0.29, 0.717) is 16.5 Å². The number of hydrogen-bond donors (Lipinski definition) is 0. The molecule has 1 aromatic rings. The molecule has 3 unspecified atom stereocenters. The van der Waals surface area contributed by atoms with Gasteiger partial charge in [0.2, 0.25) is 0 Å². The van der Waals surface area contributed by atoms with Crippen molar-refractivity contribution in [1.29, 1.82) is 0 Å². The summed E-state index contributed by atoms with van der Waals surface area (Å²) in [5, 5.41) is 0.510. The fourth-order valence-electron chi connectivity index (χ4n) is 4.60. The van der Waals surface area contributed by atoms with Crippen LogP contribution in [0, 0.1) is 5.92 Å². The number of ether oxygens (including phenoxy) is 3. The van der Waals surface area contributed by atoms with Crippen LogP contribution in [0.5, 0.6) is 11.5 Å². The Balaban J connectivity index is 1.53. The van der Waals surface area contributed by atoms with Crippen LogP contribution in [-0.2, 0) is 11.2 Å². The predicted molar refractivity (Wildman–Crippen MR) is 108 cm³/mol. The number of nitrogens with zero attached hydrogens (tertiary/aromatic N) is 1. The van der Waals surface area contributed by atoms with E-state index >= 15 is 0 Å². The molecule has 4 nitrogen and oxygen atoms in total. The van der Waals surface area contributed by atoms with Crippen molar-refractivity contribution < 1.29 is 23.0 Å². The van der Waals surface area contributed by atoms with Gasteiger partial charge in [0.05, 0.1) is 36.4 Å². The first-order valence-electron chi connectivity index (χ1n) is 10.4. The third-order valence-electron chi connectivity index (χ3n) is 6.10. The van der Waals surface area contributed by atoms with Crippen LogP contribution in [0.25, 0.3) is 0 Å². The molecule has 7 heteroatoms. The Kier molecular flexibility index (Phi) is 5.50. The summed E-state index contributed by atoms with van der Waals surface area (Å²) in [4.78, 5) is 2.46. The molecular weight excluding hydrogens is 400 g/mol. The van der Waals surface area contributed by atoms with Gasteiger partial charge in [-0.2, -0.15) is 0 Å². The van der Waals surface area contributed by atoms with Crippen LogP contribution in [0.3, 0.4) is 0 Å². The number of fused-ring (bicyclic) bond motifs is 3. The number of hydrogen-bond acceptors (Lipinski definition) is 4. The molecule has 2 aliphatic heterocycles. The molecule has 2 fully saturated rings. The van der Waals surface area contributed by atoms with E-state index in [0.717, 1.165) is 43.5 Å². The molecule has 3 aliphatic rings. The van der Waals surface area contributed by atoms with Crippen LogP contribution >= 0.6 is 11.6 Å². The Labute approximate surface area is 176 Å². The highest BCUT2D eigenvalue weighted by atomic mass is 35.5. The van der Waals surface area contributed by atoms with Crippen molar-refractivity contribution in [2.75, 3.05) is 26.8 Å². The van der Waals surface area contributed by atoms with Gasteiger partial charge in [-0.25, -0.2) is 8.78 Å². The fourth-order valence-corrected chi connectivity index (χ4v) is 4.95. The maximum absolute atomic E-state index is 13.2. The van der Waals surface area contributed by atoms with Gasteiger partial charge in [0.15, 0.2) is 11.5 Å². The van der Waals surface area contributed by atoms with Gasteiger partial charge < -0.3 is 14.2 Å². The van der Waals surface area contributed by atoms with Crippen LogP contribution in [0.2, 0.25) is 5.02 Å². The molecule has 2 heterocycles. The highest BCUT2D eigenvalue weighted by molar-refractivity contribution is 6.33. The standard InChI is InChI=1S/C22H30ClF2NO3/c1-21(2,3)29-14-5-6-17-16-9-18(27-4)20(28-12-13-10-22(13,24)25)19(23)15(16)7-8-26(17)11-14/h9,13-14,17H,5-8,10-12H2,1-4H3. The maximum atomic E-state index is 13.2. The maximum Gasteiger partial charge on any atom is 0.255 e. The summed E-state index contributed by atoms with van der Waals surface area (Å²) in [6, 6.07) is 2.26. The van der Waals surface area contributed by atoms with Crippen molar-refractivity contribution in [3.05, 3.63) is 22.2 Å². The number of piperidine rings is 1. The smallest absolute Gasteiger partial charge is 0.255 e. The van der Waals surface area contributed by atoms with E-state index in [-0.39, 0.29) is 30.8 Å². The third kappa shape index (κ3) is 4.35. The fraction of sp³-hybridized carbons (Fsp3) is 0.727. The molecule has 29 heavy (non-hydrogen) atoms. The summed E-state index contributed by atoms with van der Waals surface area (Å²) in [6.07, 6.45) is 2.89. The molecule has 1 aromatic carbocycles. The van der Waals surface area contributed by atoms with Gasteiger partial charge in [0.25, 0.3) is 5.92 Å². The van der Waals surface area contributed by atoms with E-state index in [4.69, 9.17) is 25.8 Å². The van der Waals surface area contributed by atoms with E-state index in [9.17, 15) is 8.78 Å². The Bertz CT molecular complexity index is 780. The largest absolute Gasteiger partial charge is 0.493 e.